The molecule has 0 aromatic carbocycles. The molecule has 0 saturated heterocycles. The number of hydrogen-bond donors (Lipinski definition) is 3. The Kier molecular flexibility index (Phi) is 5.05. The van der Waals surface area contributed by atoms with E-state index in [0.29, 0.717) is 18.9 Å². The van der Waals surface area contributed by atoms with Gasteiger partial charge < -0.3 is 16.0 Å². The van der Waals surface area contributed by atoms with Gasteiger partial charge in [-0.2, -0.15) is 0 Å². The van der Waals surface area contributed by atoms with Crippen molar-refractivity contribution in [2.45, 2.75) is 45.4 Å². The molecule has 0 atom stereocenters. The first-order valence-corrected chi connectivity index (χ1v) is 11.1. The standard InChI is InChI=1S/C23H30N6O/c1-15-2-3-24-20(6-15)29-21-10-19(27-14-28-21)25-4-5-26-22(30)23-11-16-7-17(12-23)9-18(8-16)13-23/h2-3,6,10,14,16-18H,4-5,7-9,11-13H2,1H3,(H,26,30)(H2,24,25,27,28,29). The van der Waals surface area contributed by atoms with E-state index in [9.17, 15) is 4.79 Å². The minimum Gasteiger partial charge on any atom is -0.368 e. The first-order chi connectivity index (χ1) is 14.6. The SMILES string of the molecule is Cc1ccnc(Nc2cc(NCCNC(=O)C34CC5CC(CC(C5)C3)C4)ncn2)c1. The summed E-state index contributed by atoms with van der Waals surface area (Å²) in [5.41, 5.74) is 1.05. The van der Waals surface area contributed by atoms with Crippen molar-refractivity contribution in [1.29, 1.82) is 0 Å². The third-order valence-corrected chi connectivity index (χ3v) is 7.08. The number of rotatable bonds is 7. The molecule has 6 rings (SSSR count). The molecule has 4 saturated carbocycles. The Labute approximate surface area is 177 Å². The van der Waals surface area contributed by atoms with Crippen LogP contribution in [0.15, 0.2) is 30.7 Å². The van der Waals surface area contributed by atoms with Gasteiger partial charge in [-0.3, -0.25) is 4.79 Å². The van der Waals surface area contributed by atoms with Crippen LogP contribution in [0.2, 0.25) is 0 Å². The summed E-state index contributed by atoms with van der Waals surface area (Å²) >= 11 is 0. The average Bonchev–Trinajstić information content (AvgIpc) is 2.70. The van der Waals surface area contributed by atoms with Crippen molar-refractivity contribution < 1.29 is 4.79 Å². The molecule has 0 unspecified atom stereocenters. The zero-order valence-corrected chi connectivity index (χ0v) is 17.5. The van der Waals surface area contributed by atoms with E-state index in [1.165, 1.54) is 25.6 Å². The number of hydrogen-bond acceptors (Lipinski definition) is 6. The van der Waals surface area contributed by atoms with E-state index in [4.69, 9.17) is 0 Å². The summed E-state index contributed by atoms with van der Waals surface area (Å²) < 4.78 is 0. The second kappa shape index (κ2) is 7.85. The summed E-state index contributed by atoms with van der Waals surface area (Å²) in [6, 6.07) is 5.77. The smallest absolute Gasteiger partial charge is 0.226 e. The van der Waals surface area contributed by atoms with Gasteiger partial charge in [0.05, 0.1) is 0 Å². The van der Waals surface area contributed by atoms with E-state index in [1.54, 1.807) is 6.20 Å². The number of carbonyl (C=O) groups excluding carboxylic acids is 1. The van der Waals surface area contributed by atoms with Gasteiger partial charge in [0.2, 0.25) is 5.91 Å². The van der Waals surface area contributed by atoms with Crippen molar-refractivity contribution in [1.82, 2.24) is 20.3 Å². The van der Waals surface area contributed by atoms with Crippen molar-refractivity contribution in [3.8, 4) is 0 Å². The molecule has 0 aliphatic heterocycles. The van der Waals surface area contributed by atoms with Crippen LogP contribution < -0.4 is 16.0 Å². The maximum atomic E-state index is 13.0. The molecule has 0 radical (unpaired) electrons. The van der Waals surface area contributed by atoms with Crippen molar-refractivity contribution >= 4 is 23.4 Å². The van der Waals surface area contributed by atoms with Crippen molar-refractivity contribution in [2.75, 3.05) is 23.7 Å². The molecule has 30 heavy (non-hydrogen) atoms. The molecule has 1 amide bonds. The van der Waals surface area contributed by atoms with Gasteiger partial charge in [-0.05, 0) is 80.9 Å². The lowest BCUT2D eigenvalue weighted by Crippen LogP contribution is -2.54. The van der Waals surface area contributed by atoms with Crippen LogP contribution in [-0.4, -0.2) is 33.9 Å². The van der Waals surface area contributed by atoms with Crippen LogP contribution in [0.4, 0.5) is 17.5 Å². The van der Waals surface area contributed by atoms with E-state index in [1.807, 2.05) is 25.1 Å². The number of amides is 1. The molecule has 2 heterocycles. The fourth-order valence-electron chi connectivity index (χ4n) is 6.20. The van der Waals surface area contributed by atoms with Gasteiger partial charge in [-0.15, -0.1) is 0 Å². The average molecular weight is 407 g/mol. The number of pyridine rings is 1. The van der Waals surface area contributed by atoms with Crippen LogP contribution in [0, 0.1) is 30.1 Å². The number of nitrogens with one attached hydrogen (secondary N) is 3. The first kappa shape index (κ1) is 19.3. The van der Waals surface area contributed by atoms with E-state index >= 15 is 0 Å². The van der Waals surface area contributed by atoms with Crippen LogP contribution in [0.5, 0.6) is 0 Å². The van der Waals surface area contributed by atoms with Crippen LogP contribution in [0.25, 0.3) is 0 Å². The topological polar surface area (TPSA) is 91.8 Å². The third kappa shape index (κ3) is 3.98. The molecule has 7 nitrogen and oxygen atoms in total. The number of aromatic nitrogens is 3. The van der Waals surface area contributed by atoms with E-state index < -0.39 is 0 Å². The lowest BCUT2D eigenvalue weighted by Gasteiger charge is -2.55. The molecule has 2 aromatic heterocycles. The van der Waals surface area contributed by atoms with Gasteiger partial charge in [0.25, 0.3) is 0 Å². The third-order valence-electron chi connectivity index (χ3n) is 7.08. The Hall–Kier alpha value is -2.70. The van der Waals surface area contributed by atoms with E-state index in [0.717, 1.165) is 54.2 Å². The molecule has 4 aliphatic carbocycles. The number of aryl methyl sites for hydroxylation is 1. The summed E-state index contributed by atoms with van der Waals surface area (Å²) in [6.07, 6.45) is 10.7. The number of carbonyl (C=O) groups is 1. The Balaban J connectivity index is 1.12. The van der Waals surface area contributed by atoms with Gasteiger partial charge in [0.1, 0.15) is 23.8 Å². The number of nitrogens with zero attached hydrogens (tertiary/aromatic N) is 3. The van der Waals surface area contributed by atoms with Gasteiger partial charge in [0.15, 0.2) is 0 Å². The summed E-state index contributed by atoms with van der Waals surface area (Å²) in [5.74, 6) is 4.80. The summed E-state index contributed by atoms with van der Waals surface area (Å²) in [6.45, 7) is 3.27. The predicted molar refractivity (Wildman–Crippen MR) is 116 cm³/mol. The normalized spacial score (nSPS) is 28.9. The zero-order valence-electron chi connectivity index (χ0n) is 17.5. The van der Waals surface area contributed by atoms with Crippen molar-refractivity contribution in [3.63, 3.8) is 0 Å². The molecule has 4 aliphatic rings. The van der Waals surface area contributed by atoms with Crippen LogP contribution in [0.1, 0.15) is 44.1 Å². The highest BCUT2D eigenvalue weighted by Gasteiger charge is 2.54. The monoisotopic (exact) mass is 406 g/mol. The van der Waals surface area contributed by atoms with Gasteiger partial charge in [-0.25, -0.2) is 15.0 Å². The minimum absolute atomic E-state index is 0.0818. The summed E-state index contributed by atoms with van der Waals surface area (Å²) in [5, 5.41) is 9.68. The largest absolute Gasteiger partial charge is 0.368 e. The second-order valence-corrected chi connectivity index (χ2v) is 9.51. The van der Waals surface area contributed by atoms with Crippen molar-refractivity contribution in [2.24, 2.45) is 23.2 Å². The van der Waals surface area contributed by atoms with Crippen LogP contribution in [-0.2, 0) is 4.79 Å². The fourth-order valence-corrected chi connectivity index (χ4v) is 6.20. The Morgan fingerprint density at radius 2 is 1.63 bits per heavy atom. The maximum absolute atomic E-state index is 13.0. The molecular formula is C23H30N6O. The Morgan fingerprint density at radius 1 is 0.967 bits per heavy atom. The molecular weight excluding hydrogens is 376 g/mol. The van der Waals surface area contributed by atoms with Gasteiger partial charge in [0, 0.05) is 30.8 Å². The van der Waals surface area contributed by atoms with Crippen molar-refractivity contribution in [3.05, 3.63) is 36.3 Å². The maximum Gasteiger partial charge on any atom is 0.226 e. The van der Waals surface area contributed by atoms with Crippen LogP contribution in [0.3, 0.4) is 0 Å². The highest BCUT2D eigenvalue weighted by atomic mass is 16.2. The van der Waals surface area contributed by atoms with Gasteiger partial charge >= 0.3 is 0 Å². The van der Waals surface area contributed by atoms with Gasteiger partial charge in [-0.1, -0.05) is 0 Å². The molecule has 0 spiro atoms. The highest BCUT2D eigenvalue weighted by molar-refractivity contribution is 5.83. The Bertz CT molecular complexity index is 894. The molecule has 3 N–H and O–H groups in total. The lowest BCUT2D eigenvalue weighted by atomic mass is 9.49. The molecule has 4 fully saturated rings. The van der Waals surface area contributed by atoms with Crippen LogP contribution >= 0.6 is 0 Å². The molecule has 2 aromatic rings. The number of anilines is 3. The predicted octanol–water partition coefficient (Wildman–Crippen LogP) is 3.67. The summed E-state index contributed by atoms with van der Waals surface area (Å²) in [7, 11) is 0. The first-order valence-electron chi connectivity index (χ1n) is 11.1. The molecule has 4 bridgehead atoms. The summed E-state index contributed by atoms with van der Waals surface area (Å²) in [4.78, 5) is 25.8. The molecule has 7 heteroatoms. The zero-order chi connectivity index (χ0) is 20.6. The Morgan fingerprint density at radius 3 is 2.33 bits per heavy atom. The highest BCUT2D eigenvalue weighted by Crippen LogP contribution is 2.60. The fraction of sp³-hybridized carbons (Fsp3) is 0.565. The van der Waals surface area contributed by atoms with E-state index in [2.05, 4.69) is 30.9 Å². The van der Waals surface area contributed by atoms with E-state index in [-0.39, 0.29) is 11.3 Å². The minimum atomic E-state index is -0.0818. The lowest BCUT2D eigenvalue weighted by molar-refractivity contribution is -0.146. The quantitative estimate of drug-likeness (QED) is 0.608. The second-order valence-electron chi connectivity index (χ2n) is 9.51. The molecule has 158 valence electrons.